The molecule has 5 nitrogen and oxygen atoms in total. The first-order valence-electron chi connectivity index (χ1n) is 6.43. The molecule has 0 saturated heterocycles. The third-order valence-corrected chi connectivity index (χ3v) is 2.86. The molecule has 1 rings (SSSR count). The van der Waals surface area contributed by atoms with Crippen LogP contribution in [0.25, 0.3) is 0 Å². The van der Waals surface area contributed by atoms with Gasteiger partial charge in [0.05, 0.1) is 29.9 Å². The van der Waals surface area contributed by atoms with Gasteiger partial charge in [0.1, 0.15) is 5.82 Å². The number of amides is 1. The Labute approximate surface area is 118 Å². The van der Waals surface area contributed by atoms with Crippen LogP contribution in [0, 0.1) is 23.1 Å². The zero-order valence-corrected chi connectivity index (χ0v) is 11.7. The van der Waals surface area contributed by atoms with E-state index in [9.17, 15) is 9.18 Å². The Bertz CT molecular complexity index is 512. The summed E-state index contributed by atoms with van der Waals surface area (Å²) < 4.78 is 13.1. The average molecular weight is 278 g/mol. The fourth-order valence-electron chi connectivity index (χ4n) is 1.76. The van der Waals surface area contributed by atoms with Gasteiger partial charge in [-0.2, -0.15) is 5.26 Å². The average Bonchev–Trinajstić information content (AvgIpc) is 2.41. The van der Waals surface area contributed by atoms with Gasteiger partial charge in [0.25, 0.3) is 0 Å². The molecule has 1 unspecified atom stereocenters. The molecule has 1 aromatic carbocycles. The van der Waals surface area contributed by atoms with Crippen molar-refractivity contribution in [3.05, 3.63) is 24.0 Å². The van der Waals surface area contributed by atoms with Crippen molar-refractivity contribution in [2.45, 2.75) is 13.8 Å². The maximum absolute atomic E-state index is 13.1. The third kappa shape index (κ3) is 4.86. The molecular weight excluding hydrogens is 259 g/mol. The van der Waals surface area contributed by atoms with Crippen molar-refractivity contribution < 1.29 is 9.18 Å². The van der Waals surface area contributed by atoms with Crippen molar-refractivity contribution in [2.75, 3.05) is 30.7 Å². The molecule has 0 aliphatic carbocycles. The number of rotatable bonds is 6. The molecule has 1 atom stereocenters. The van der Waals surface area contributed by atoms with Crippen molar-refractivity contribution >= 4 is 17.3 Å². The molecule has 0 aliphatic heterocycles. The van der Waals surface area contributed by atoms with Crippen molar-refractivity contribution in [1.29, 1.82) is 5.26 Å². The van der Waals surface area contributed by atoms with E-state index in [4.69, 9.17) is 11.0 Å². The second kappa shape index (κ2) is 7.46. The van der Waals surface area contributed by atoms with Gasteiger partial charge in [-0.15, -0.1) is 0 Å². The molecule has 20 heavy (non-hydrogen) atoms. The molecule has 3 N–H and O–H groups in total. The minimum absolute atomic E-state index is 0.137. The van der Waals surface area contributed by atoms with E-state index in [2.05, 4.69) is 11.4 Å². The number of likely N-dealkylation sites (N-methyl/N-ethyl adjacent to an activating group) is 1. The van der Waals surface area contributed by atoms with Crippen molar-refractivity contribution in [2.24, 2.45) is 5.92 Å². The van der Waals surface area contributed by atoms with E-state index in [0.29, 0.717) is 18.8 Å². The van der Waals surface area contributed by atoms with E-state index in [1.807, 2.05) is 11.8 Å². The van der Waals surface area contributed by atoms with E-state index in [1.54, 1.807) is 6.92 Å². The summed E-state index contributed by atoms with van der Waals surface area (Å²) in [4.78, 5) is 13.7. The van der Waals surface area contributed by atoms with Crippen LogP contribution in [0.3, 0.4) is 0 Å². The summed E-state index contributed by atoms with van der Waals surface area (Å²) in [5, 5.41) is 11.4. The molecule has 0 bridgehead atoms. The normalized spacial score (nSPS) is 11.9. The fraction of sp³-hybridized carbons (Fsp3) is 0.429. The minimum atomic E-state index is -0.458. The number of nitrogens with one attached hydrogen (secondary N) is 1. The lowest BCUT2D eigenvalue weighted by atomic mass is 10.2. The predicted molar refractivity (Wildman–Crippen MR) is 76.3 cm³/mol. The summed E-state index contributed by atoms with van der Waals surface area (Å²) in [6.07, 6.45) is 0. The number of halogens is 1. The maximum Gasteiger partial charge on any atom is 0.238 e. The lowest BCUT2D eigenvalue weighted by molar-refractivity contribution is -0.117. The van der Waals surface area contributed by atoms with Gasteiger partial charge in [0.2, 0.25) is 5.91 Å². The van der Waals surface area contributed by atoms with E-state index in [-0.39, 0.29) is 24.1 Å². The molecule has 1 amide bonds. The molecule has 0 aliphatic rings. The molecule has 0 fully saturated rings. The van der Waals surface area contributed by atoms with Crippen LogP contribution in [0.2, 0.25) is 0 Å². The van der Waals surface area contributed by atoms with Crippen LogP contribution in [-0.2, 0) is 4.79 Å². The Balaban J connectivity index is 2.62. The highest BCUT2D eigenvalue weighted by Gasteiger charge is 2.13. The lowest BCUT2D eigenvalue weighted by Crippen LogP contribution is -2.35. The van der Waals surface area contributed by atoms with E-state index >= 15 is 0 Å². The number of carbonyl (C=O) groups excluding carboxylic acids is 1. The van der Waals surface area contributed by atoms with Gasteiger partial charge in [-0.3, -0.25) is 9.69 Å². The Kier molecular flexibility index (Phi) is 5.94. The quantitative estimate of drug-likeness (QED) is 0.778. The predicted octanol–water partition coefficient (Wildman–Crippen LogP) is 1.83. The van der Waals surface area contributed by atoms with E-state index in [1.165, 1.54) is 18.2 Å². The van der Waals surface area contributed by atoms with E-state index < -0.39 is 5.82 Å². The SMILES string of the molecule is CCN(CC(=O)Nc1cc(F)ccc1N)CC(C)C#N. The van der Waals surface area contributed by atoms with Crippen LogP contribution < -0.4 is 11.1 Å². The molecule has 0 saturated carbocycles. The van der Waals surface area contributed by atoms with E-state index in [0.717, 1.165) is 0 Å². The molecule has 1 aromatic rings. The van der Waals surface area contributed by atoms with Gasteiger partial charge in [0.15, 0.2) is 0 Å². The summed E-state index contributed by atoms with van der Waals surface area (Å²) >= 11 is 0. The first-order valence-corrected chi connectivity index (χ1v) is 6.43. The zero-order chi connectivity index (χ0) is 15.1. The van der Waals surface area contributed by atoms with Gasteiger partial charge >= 0.3 is 0 Å². The Morgan fingerprint density at radius 2 is 2.30 bits per heavy atom. The largest absolute Gasteiger partial charge is 0.397 e. The Hall–Kier alpha value is -2.13. The molecule has 0 spiro atoms. The first kappa shape index (κ1) is 15.9. The first-order chi connectivity index (χ1) is 9.46. The number of nitrogen functional groups attached to an aromatic ring is 1. The summed E-state index contributed by atoms with van der Waals surface area (Å²) in [6, 6.07) is 5.95. The minimum Gasteiger partial charge on any atom is -0.397 e. The molecule has 0 aromatic heterocycles. The van der Waals surface area contributed by atoms with Crippen molar-refractivity contribution in [3.63, 3.8) is 0 Å². The highest BCUT2D eigenvalue weighted by Crippen LogP contribution is 2.19. The van der Waals surface area contributed by atoms with Crippen molar-refractivity contribution in [1.82, 2.24) is 4.90 Å². The van der Waals surface area contributed by atoms with Gasteiger partial charge in [-0.25, -0.2) is 4.39 Å². The molecular formula is C14H19FN4O. The number of benzene rings is 1. The monoisotopic (exact) mass is 278 g/mol. The van der Waals surface area contributed by atoms with Gasteiger partial charge in [0, 0.05) is 6.54 Å². The maximum atomic E-state index is 13.1. The van der Waals surface area contributed by atoms with Crippen LogP contribution in [0.1, 0.15) is 13.8 Å². The lowest BCUT2D eigenvalue weighted by Gasteiger charge is -2.21. The highest BCUT2D eigenvalue weighted by atomic mass is 19.1. The van der Waals surface area contributed by atoms with Gasteiger partial charge in [-0.05, 0) is 31.7 Å². The zero-order valence-electron chi connectivity index (χ0n) is 11.7. The number of nitrogens with two attached hydrogens (primary N) is 1. The Morgan fingerprint density at radius 3 is 2.90 bits per heavy atom. The van der Waals surface area contributed by atoms with Crippen LogP contribution in [0.15, 0.2) is 18.2 Å². The highest BCUT2D eigenvalue weighted by molar-refractivity contribution is 5.95. The second-order valence-electron chi connectivity index (χ2n) is 4.64. The van der Waals surface area contributed by atoms with Crippen LogP contribution in [-0.4, -0.2) is 30.4 Å². The smallest absolute Gasteiger partial charge is 0.238 e. The molecule has 6 heteroatoms. The summed E-state index contributed by atoms with van der Waals surface area (Å²) in [5.41, 5.74) is 6.24. The number of anilines is 2. The summed E-state index contributed by atoms with van der Waals surface area (Å²) in [5.74, 6) is -0.892. The van der Waals surface area contributed by atoms with Gasteiger partial charge in [-0.1, -0.05) is 6.92 Å². The standard InChI is InChI=1S/C14H19FN4O/c1-3-19(8-10(2)7-16)9-14(20)18-13-6-11(15)4-5-12(13)17/h4-6,10H,3,8-9,17H2,1-2H3,(H,18,20). The Morgan fingerprint density at radius 1 is 1.60 bits per heavy atom. The van der Waals surface area contributed by atoms with Crippen LogP contribution in [0.5, 0.6) is 0 Å². The van der Waals surface area contributed by atoms with Gasteiger partial charge < -0.3 is 11.1 Å². The topological polar surface area (TPSA) is 82.2 Å². The molecule has 0 radical (unpaired) electrons. The third-order valence-electron chi connectivity index (χ3n) is 2.86. The summed E-state index contributed by atoms with van der Waals surface area (Å²) in [7, 11) is 0. The number of hydrogen-bond donors (Lipinski definition) is 2. The summed E-state index contributed by atoms with van der Waals surface area (Å²) in [6.45, 7) is 5.01. The second-order valence-corrected chi connectivity index (χ2v) is 4.64. The molecule has 108 valence electrons. The van der Waals surface area contributed by atoms with Crippen LogP contribution in [0.4, 0.5) is 15.8 Å². The fourth-order valence-corrected chi connectivity index (χ4v) is 1.76. The number of nitrogens with zero attached hydrogens (tertiary/aromatic N) is 2. The number of hydrogen-bond acceptors (Lipinski definition) is 4. The molecule has 0 heterocycles. The number of carbonyl (C=O) groups is 1. The number of nitriles is 1. The van der Waals surface area contributed by atoms with Crippen molar-refractivity contribution in [3.8, 4) is 6.07 Å². The van der Waals surface area contributed by atoms with Crippen LogP contribution >= 0.6 is 0 Å².